The van der Waals surface area contributed by atoms with E-state index in [0.717, 1.165) is 33.2 Å². The van der Waals surface area contributed by atoms with Gasteiger partial charge in [-0.2, -0.15) is 0 Å². The Morgan fingerprint density at radius 3 is 2.94 bits per heavy atom. The van der Waals surface area contributed by atoms with Crippen LogP contribution in [0.2, 0.25) is 0 Å². The number of nitrogens with zero attached hydrogens (tertiary/aromatic N) is 3. The quantitative estimate of drug-likeness (QED) is 0.822. The summed E-state index contributed by atoms with van der Waals surface area (Å²) in [5, 5.41) is 16.3. The third-order valence-corrected chi connectivity index (χ3v) is 4.14. The standard InChI is InChI=1S/C11H16N4OS2/c1-7(2)5-12-10-13-14-11(18-10)17-6-9-4-8(3)16-15-9/h4,7H,5-6H2,1-3H3,(H,12,13). The van der Waals surface area contributed by atoms with Gasteiger partial charge in [0, 0.05) is 18.4 Å². The van der Waals surface area contributed by atoms with Crippen molar-refractivity contribution < 1.29 is 4.52 Å². The van der Waals surface area contributed by atoms with Crippen LogP contribution in [0.15, 0.2) is 14.9 Å². The molecule has 0 aromatic carbocycles. The van der Waals surface area contributed by atoms with Crippen molar-refractivity contribution in [2.45, 2.75) is 30.9 Å². The third-order valence-electron chi connectivity index (χ3n) is 2.09. The smallest absolute Gasteiger partial charge is 0.206 e. The van der Waals surface area contributed by atoms with Crippen LogP contribution in [0.1, 0.15) is 25.3 Å². The van der Waals surface area contributed by atoms with Crippen LogP contribution in [-0.2, 0) is 5.75 Å². The highest BCUT2D eigenvalue weighted by atomic mass is 32.2. The fraction of sp³-hybridized carbons (Fsp3) is 0.545. The van der Waals surface area contributed by atoms with E-state index >= 15 is 0 Å². The Hall–Kier alpha value is -1.08. The Kier molecular flexibility index (Phi) is 4.60. The zero-order chi connectivity index (χ0) is 13.0. The van der Waals surface area contributed by atoms with Gasteiger partial charge in [0.05, 0.1) is 5.69 Å². The highest BCUT2D eigenvalue weighted by Crippen LogP contribution is 2.28. The first-order valence-electron chi connectivity index (χ1n) is 5.76. The van der Waals surface area contributed by atoms with E-state index in [2.05, 4.69) is 34.5 Å². The van der Waals surface area contributed by atoms with E-state index in [9.17, 15) is 0 Å². The van der Waals surface area contributed by atoms with Gasteiger partial charge in [0.2, 0.25) is 5.13 Å². The van der Waals surface area contributed by atoms with Gasteiger partial charge in [-0.15, -0.1) is 10.2 Å². The predicted molar refractivity (Wildman–Crippen MR) is 74.0 cm³/mol. The molecule has 0 amide bonds. The molecule has 2 heterocycles. The number of hydrogen-bond acceptors (Lipinski definition) is 7. The van der Waals surface area contributed by atoms with Crippen molar-refractivity contribution in [3.05, 3.63) is 17.5 Å². The molecule has 0 unspecified atom stereocenters. The fourth-order valence-electron chi connectivity index (χ4n) is 1.25. The monoisotopic (exact) mass is 284 g/mol. The molecule has 18 heavy (non-hydrogen) atoms. The first kappa shape index (κ1) is 13.4. The van der Waals surface area contributed by atoms with Gasteiger partial charge in [-0.1, -0.05) is 42.1 Å². The van der Waals surface area contributed by atoms with E-state index < -0.39 is 0 Å². The SMILES string of the molecule is Cc1cc(CSc2nnc(NCC(C)C)s2)no1. The van der Waals surface area contributed by atoms with E-state index in [1.54, 1.807) is 23.1 Å². The van der Waals surface area contributed by atoms with Gasteiger partial charge >= 0.3 is 0 Å². The second kappa shape index (κ2) is 6.19. The van der Waals surface area contributed by atoms with Crippen molar-refractivity contribution in [3.8, 4) is 0 Å². The van der Waals surface area contributed by atoms with E-state index in [4.69, 9.17) is 4.52 Å². The molecule has 0 aliphatic heterocycles. The number of rotatable bonds is 6. The van der Waals surface area contributed by atoms with Gasteiger partial charge in [0.25, 0.3) is 0 Å². The molecule has 0 aliphatic carbocycles. The zero-order valence-corrected chi connectivity index (χ0v) is 12.3. The van der Waals surface area contributed by atoms with Crippen LogP contribution in [0.25, 0.3) is 0 Å². The Balaban J connectivity index is 1.83. The molecule has 7 heteroatoms. The third kappa shape index (κ3) is 3.99. The summed E-state index contributed by atoms with van der Waals surface area (Å²) in [5.41, 5.74) is 0.935. The molecule has 5 nitrogen and oxygen atoms in total. The Morgan fingerprint density at radius 2 is 2.28 bits per heavy atom. The largest absolute Gasteiger partial charge is 0.361 e. The summed E-state index contributed by atoms with van der Waals surface area (Å²) < 4.78 is 5.96. The van der Waals surface area contributed by atoms with Crippen LogP contribution in [0.4, 0.5) is 5.13 Å². The summed E-state index contributed by atoms with van der Waals surface area (Å²) in [6, 6.07) is 1.94. The van der Waals surface area contributed by atoms with Crippen molar-refractivity contribution in [3.63, 3.8) is 0 Å². The maximum absolute atomic E-state index is 5.01. The minimum absolute atomic E-state index is 0.600. The fourth-order valence-corrected chi connectivity index (χ4v) is 2.89. The molecule has 2 aromatic heterocycles. The van der Waals surface area contributed by atoms with Gasteiger partial charge in [0.15, 0.2) is 4.34 Å². The summed E-state index contributed by atoms with van der Waals surface area (Å²) >= 11 is 3.20. The number of hydrogen-bond donors (Lipinski definition) is 1. The molecule has 2 rings (SSSR count). The summed E-state index contributed by atoms with van der Waals surface area (Å²) in [6.45, 7) is 7.13. The molecule has 0 bridgehead atoms. The number of nitrogens with one attached hydrogen (secondary N) is 1. The van der Waals surface area contributed by atoms with Gasteiger partial charge < -0.3 is 9.84 Å². The van der Waals surface area contributed by atoms with E-state index in [1.165, 1.54) is 0 Å². The summed E-state index contributed by atoms with van der Waals surface area (Å²) in [6.07, 6.45) is 0. The highest BCUT2D eigenvalue weighted by molar-refractivity contribution is 8.00. The van der Waals surface area contributed by atoms with Crippen molar-refractivity contribution in [1.29, 1.82) is 0 Å². The average molecular weight is 284 g/mol. The van der Waals surface area contributed by atoms with Crippen LogP contribution in [0, 0.1) is 12.8 Å². The first-order valence-corrected chi connectivity index (χ1v) is 7.56. The summed E-state index contributed by atoms with van der Waals surface area (Å²) in [7, 11) is 0. The van der Waals surface area contributed by atoms with Crippen LogP contribution in [0.3, 0.4) is 0 Å². The van der Waals surface area contributed by atoms with Gasteiger partial charge in [-0.25, -0.2) is 0 Å². The Labute approximate surface area is 114 Å². The predicted octanol–water partition coefficient (Wildman–Crippen LogP) is 3.19. The van der Waals surface area contributed by atoms with Crippen LogP contribution in [0.5, 0.6) is 0 Å². The lowest BCUT2D eigenvalue weighted by Crippen LogP contribution is -2.07. The second-order valence-electron chi connectivity index (χ2n) is 4.37. The van der Waals surface area contributed by atoms with Crippen LogP contribution < -0.4 is 5.32 Å². The van der Waals surface area contributed by atoms with E-state index in [1.807, 2.05) is 13.0 Å². The molecule has 0 spiro atoms. The highest BCUT2D eigenvalue weighted by Gasteiger charge is 2.07. The zero-order valence-electron chi connectivity index (χ0n) is 10.6. The summed E-state index contributed by atoms with van der Waals surface area (Å²) in [4.78, 5) is 0. The molecule has 0 atom stereocenters. The molecule has 98 valence electrons. The second-order valence-corrected chi connectivity index (χ2v) is 6.57. The van der Waals surface area contributed by atoms with Crippen molar-refractivity contribution in [2.24, 2.45) is 5.92 Å². The molecular weight excluding hydrogens is 268 g/mol. The number of thioether (sulfide) groups is 1. The van der Waals surface area contributed by atoms with Crippen LogP contribution in [-0.4, -0.2) is 21.9 Å². The molecule has 0 aliphatic rings. The molecule has 0 saturated carbocycles. The van der Waals surface area contributed by atoms with Crippen molar-refractivity contribution in [2.75, 3.05) is 11.9 Å². The van der Waals surface area contributed by atoms with Crippen molar-refractivity contribution >= 4 is 28.2 Å². The van der Waals surface area contributed by atoms with Gasteiger partial charge in [-0.3, -0.25) is 0 Å². The normalized spacial score (nSPS) is 11.1. The Morgan fingerprint density at radius 1 is 1.44 bits per heavy atom. The molecule has 1 N–H and O–H groups in total. The first-order chi connectivity index (χ1) is 8.63. The molecule has 2 aromatic rings. The van der Waals surface area contributed by atoms with Gasteiger partial charge in [0.1, 0.15) is 5.76 Å². The Bertz CT molecular complexity index is 495. The van der Waals surface area contributed by atoms with E-state index in [-0.39, 0.29) is 0 Å². The minimum atomic E-state index is 0.600. The number of aromatic nitrogens is 3. The summed E-state index contributed by atoms with van der Waals surface area (Å²) in [5.74, 6) is 2.20. The lowest BCUT2D eigenvalue weighted by molar-refractivity contribution is 0.393. The van der Waals surface area contributed by atoms with E-state index in [0.29, 0.717) is 5.92 Å². The lowest BCUT2D eigenvalue weighted by Gasteiger charge is -2.03. The average Bonchev–Trinajstić information content (AvgIpc) is 2.93. The topological polar surface area (TPSA) is 63.8 Å². The van der Waals surface area contributed by atoms with Gasteiger partial charge in [-0.05, 0) is 12.8 Å². The molecular formula is C11H16N4OS2. The number of aryl methyl sites for hydroxylation is 1. The lowest BCUT2D eigenvalue weighted by atomic mass is 10.2. The maximum atomic E-state index is 5.01. The van der Waals surface area contributed by atoms with Crippen LogP contribution >= 0.6 is 23.1 Å². The molecule has 0 radical (unpaired) electrons. The molecule has 0 fully saturated rings. The molecule has 0 saturated heterocycles. The number of anilines is 1. The van der Waals surface area contributed by atoms with Crippen molar-refractivity contribution in [1.82, 2.24) is 15.4 Å². The maximum Gasteiger partial charge on any atom is 0.206 e. The minimum Gasteiger partial charge on any atom is -0.361 e.